The van der Waals surface area contributed by atoms with Crippen LogP contribution in [-0.4, -0.2) is 30.6 Å². The minimum Gasteiger partial charge on any atom is -0.468 e. The summed E-state index contributed by atoms with van der Waals surface area (Å²) < 4.78 is 9.89. The molecule has 0 unspecified atom stereocenters. The molecule has 4 heteroatoms. The SMILES string of the molecule is COC(=O)[C@H]1C(=O)[C@@H]2C=C[C@]1(C)O2. The lowest BCUT2D eigenvalue weighted by Gasteiger charge is -2.21. The molecule has 0 aliphatic carbocycles. The minimum atomic E-state index is -0.785. The normalized spacial score (nSPS) is 41.2. The fourth-order valence-electron chi connectivity index (χ4n) is 1.86. The van der Waals surface area contributed by atoms with Gasteiger partial charge in [0, 0.05) is 0 Å². The predicted octanol–water partition coefficient (Wildman–Crippen LogP) is 0.0720. The molecule has 2 aliphatic heterocycles. The van der Waals surface area contributed by atoms with Gasteiger partial charge >= 0.3 is 5.97 Å². The van der Waals surface area contributed by atoms with E-state index in [0.29, 0.717) is 0 Å². The first kappa shape index (κ1) is 8.44. The Morgan fingerprint density at radius 3 is 2.85 bits per heavy atom. The summed E-state index contributed by atoms with van der Waals surface area (Å²) in [5.74, 6) is -1.50. The Morgan fingerprint density at radius 1 is 1.69 bits per heavy atom. The van der Waals surface area contributed by atoms with Crippen LogP contribution in [0.4, 0.5) is 0 Å². The van der Waals surface area contributed by atoms with Gasteiger partial charge in [0.25, 0.3) is 0 Å². The number of fused-ring (bicyclic) bond motifs is 2. The third-order valence-electron chi connectivity index (χ3n) is 2.56. The quantitative estimate of drug-likeness (QED) is 0.327. The van der Waals surface area contributed by atoms with E-state index < -0.39 is 23.6 Å². The first-order chi connectivity index (χ1) is 6.08. The van der Waals surface area contributed by atoms with Crippen molar-refractivity contribution in [3.63, 3.8) is 0 Å². The zero-order chi connectivity index (χ0) is 9.64. The van der Waals surface area contributed by atoms with Crippen molar-refractivity contribution in [1.29, 1.82) is 0 Å². The van der Waals surface area contributed by atoms with E-state index in [4.69, 9.17) is 4.74 Å². The van der Waals surface area contributed by atoms with Gasteiger partial charge in [-0.05, 0) is 13.0 Å². The summed E-state index contributed by atoms with van der Waals surface area (Å²) in [6.07, 6.45) is 2.89. The van der Waals surface area contributed by atoms with E-state index in [9.17, 15) is 9.59 Å². The van der Waals surface area contributed by atoms with Crippen molar-refractivity contribution >= 4 is 11.8 Å². The molecule has 70 valence electrons. The molecule has 0 aromatic carbocycles. The molecule has 0 amide bonds. The Kier molecular flexibility index (Phi) is 1.57. The Morgan fingerprint density at radius 2 is 2.38 bits per heavy atom. The number of ketones is 1. The summed E-state index contributed by atoms with van der Waals surface area (Å²) in [5, 5.41) is 0. The molecule has 0 saturated carbocycles. The number of carbonyl (C=O) groups excluding carboxylic acids is 2. The average molecular weight is 182 g/mol. The maximum Gasteiger partial charge on any atom is 0.319 e. The van der Waals surface area contributed by atoms with Crippen LogP contribution < -0.4 is 0 Å². The van der Waals surface area contributed by atoms with Gasteiger partial charge in [-0.25, -0.2) is 0 Å². The van der Waals surface area contributed by atoms with E-state index in [2.05, 4.69) is 4.74 Å². The number of rotatable bonds is 1. The molecule has 0 aromatic rings. The molecule has 4 nitrogen and oxygen atoms in total. The van der Waals surface area contributed by atoms with Crippen LogP contribution in [0.15, 0.2) is 12.2 Å². The molecular formula is C9H10O4. The molecule has 2 heterocycles. The van der Waals surface area contributed by atoms with Crippen molar-refractivity contribution in [2.45, 2.75) is 18.6 Å². The molecule has 2 rings (SSSR count). The number of hydrogen-bond donors (Lipinski definition) is 0. The van der Waals surface area contributed by atoms with Crippen LogP contribution in [0.2, 0.25) is 0 Å². The van der Waals surface area contributed by atoms with Crippen molar-refractivity contribution in [2.24, 2.45) is 5.92 Å². The third kappa shape index (κ3) is 0.951. The Hall–Kier alpha value is -1.16. The molecule has 0 spiro atoms. The van der Waals surface area contributed by atoms with Gasteiger partial charge in [-0.2, -0.15) is 0 Å². The summed E-state index contributed by atoms with van der Waals surface area (Å²) >= 11 is 0. The summed E-state index contributed by atoms with van der Waals surface area (Å²) in [7, 11) is 1.27. The number of methoxy groups -OCH3 is 1. The largest absolute Gasteiger partial charge is 0.468 e. The van der Waals surface area contributed by atoms with Gasteiger partial charge in [0.15, 0.2) is 11.7 Å². The predicted molar refractivity (Wildman–Crippen MR) is 42.9 cm³/mol. The second-order valence-electron chi connectivity index (χ2n) is 3.44. The minimum absolute atomic E-state index is 0.197. The third-order valence-corrected chi connectivity index (χ3v) is 2.56. The van der Waals surface area contributed by atoms with E-state index in [1.165, 1.54) is 7.11 Å². The second kappa shape index (κ2) is 2.42. The zero-order valence-electron chi connectivity index (χ0n) is 7.44. The molecule has 0 aromatic heterocycles. The van der Waals surface area contributed by atoms with E-state index in [0.717, 1.165) is 0 Å². The highest BCUT2D eigenvalue weighted by atomic mass is 16.5. The van der Waals surface area contributed by atoms with Crippen LogP contribution in [-0.2, 0) is 19.1 Å². The molecule has 2 aliphatic rings. The molecule has 0 radical (unpaired) electrons. The van der Waals surface area contributed by atoms with Gasteiger partial charge in [0.1, 0.15) is 11.7 Å². The first-order valence-corrected chi connectivity index (χ1v) is 4.07. The van der Waals surface area contributed by atoms with Crippen molar-refractivity contribution in [2.75, 3.05) is 7.11 Å². The fraction of sp³-hybridized carbons (Fsp3) is 0.556. The number of Topliss-reactive ketones (excluding diaryl/α,β-unsaturated/α-hetero) is 1. The van der Waals surface area contributed by atoms with Crippen LogP contribution in [0.1, 0.15) is 6.92 Å². The van der Waals surface area contributed by atoms with Crippen molar-refractivity contribution in [1.82, 2.24) is 0 Å². The van der Waals surface area contributed by atoms with Crippen LogP contribution in [0.5, 0.6) is 0 Å². The van der Waals surface area contributed by atoms with Crippen molar-refractivity contribution in [3.8, 4) is 0 Å². The lowest BCUT2D eigenvalue weighted by atomic mass is 9.83. The molecule has 3 atom stereocenters. The number of hydrogen-bond acceptors (Lipinski definition) is 4. The Bertz CT molecular complexity index is 307. The lowest BCUT2D eigenvalue weighted by Crippen LogP contribution is -2.39. The summed E-state index contributed by atoms with van der Waals surface area (Å²) in [5.41, 5.74) is -0.783. The van der Waals surface area contributed by atoms with Crippen LogP contribution >= 0.6 is 0 Å². The average Bonchev–Trinajstić information content (AvgIpc) is 2.57. The highest BCUT2D eigenvalue weighted by Gasteiger charge is 2.57. The van der Waals surface area contributed by atoms with E-state index in [1.807, 2.05) is 0 Å². The van der Waals surface area contributed by atoms with E-state index >= 15 is 0 Å². The smallest absolute Gasteiger partial charge is 0.319 e. The number of ether oxygens (including phenoxy) is 2. The highest BCUT2D eigenvalue weighted by Crippen LogP contribution is 2.40. The fourth-order valence-corrected chi connectivity index (χ4v) is 1.86. The van der Waals surface area contributed by atoms with Gasteiger partial charge < -0.3 is 9.47 Å². The summed E-state index contributed by atoms with van der Waals surface area (Å²) in [6, 6.07) is 0. The van der Waals surface area contributed by atoms with E-state index in [1.54, 1.807) is 19.1 Å². The molecule has 13 heavy (non-hydrogen) atoms. The summed E-state index contributed by atoms with van der Waals surface area (Å²) in [4.78, 5) is 22.8. The number of carbonyl (C=O) groups is 2. The summed E-state index contributed by atoms with van der Waals surface area (Å²) in [6.45, 7) is 1.72. The van der Waals surface area contributed by atoms with E-state index in [-0.39, 0.29) is 5.78 Å². The van der Waals surface area contributed by atoms with Crippen molar-refractivity contribution < 1.29 is 19.1 Å². The molecule has 1 fully saturated rings. The lowest BCUT2D eigenvalue weighted by molar-refractivity contribution is -0.151. The zero-order valence-corrected chi connectivity index (χ0v) is 7.44. The number of esters is 1. The van der Waals surface area contributed by atoms with Crippen LogP contribution in [0, 0.1) is 5.92 Å². The van der Waals surface area contributed by atoms with Gasteiger partial charge in [-0.1, -0.05) is 6.08 Å². The maximum absolute atomic E-state index is 11.5. The first-order valence-electron chi connectivity index (χ1n) is 4.07. The molecule has 0 N–H and O–H groups in total. The van der Waals surface area contributed by atoms with Gasteiger partial charge in [0.2, 0.25) is 0 Å². The monoisotopic (exact) mass is 182 g/mol. The molecular weight excluding hydrogens is 172 g/mol. The Balaban J connectivity index is 2.35. The van der Waals surface area contributed by atoms with Crippen molar-refractivity contribution in [3.05, 3.63) is 12.2 Å². The van der Waals surface area contributed by atoms with Gasteiger partial charge in [0.05, 0.1) is 7.11 Å². The maximum atomic E-state index is 11.5. The molecule has 1 saturated heterocycles. The topological polar surface area (TPSA) is 52.6 Å². The van der Waals surface area contributed by atoms with Crippen LogP contribution in [0.25, 0.3) is 0 Å². The van der Waals surface area contributed by atoms with Gasteiger partial charge in [-0.3, -0.25) is 9.59 Å². The standard InChI is InChI=1S/C9H10O4/c1-9-4-3-5(13-9)7(10)6(9)8(11)12-2/h3-6H,1-2H3/t5-,6+,9-/m0/s1. The second-order valence-corrected chi connectivity index (χ2v) is 3.44. The van der Waals surface area contributed by atoms with Gasteiger partial charge in [-0.15, -0.1) is 0 Å². The molecule has 2 bridgehead atoms. The Labute approximate surface area is 75.5 Å². The van der Waals surface area contributed by atoms with Crippen LogP contribution in [0.3, 0.4) is 0 Å². The highest BCUT2D eigenvalue weighted by molar-refractivity contribution is 6.06.